The van der Waals surface area contributed by atoms with Gasteiger partial charge in [0.05, 0.1) is 18.3 Å². The van der Waals surface area contributed by atoms with Crippen molar-refractivity contribution in [3.05, 3.63) is 65.5 Å². The Bertz CT molecular complexity index is 635. The molecule has 0 amide bonds. The first-order valence-electron chi connectivity index (χ1n) is 8.71. The third-order valence-corrected chi connectivity index (χ3v) is 4.85. The molecule has 5 heteroatoms. The number of benzene rings is 1. The number of aryl methyl sites for hydroxylation is 2. The molecule has 1 aromatic carbocycles. The largest absolute Gasteiger partial charge is 0.300 e. The summed E-state index contributed by atoms with van der Waals surface area (Å²) in [6, 6.07) is 5.64. The lowest BCUT2D eigenvalue weighted by Crippen LogP contribution is -2.31. The van der Waals surface area contributed by atoms with E-state index in [1.54, 1.807) is 18.2 Å². The second-order valence-corrected chi connectivity index (χ2v) is 6.70. The van der Waals surface area contributed by atoms with Crippen molar-refractivity contribution in [1.29, 1.82) is 0 Å². The van der Waals surface area contributed by atoms with Gasteiger partial charge in [0.1, 0.15) is 5.83 Å². The first-order valence-corrected chi connectivity index (χ1v) is 9.43. The number of halogens is 2. The Labute approximate surface area is 153 Å². The summed E-state index contributed by atoms with van der Waals surface area (Å²) in [7, 11) is 0. The lowest BCUT2D eigenvalue weighted by Gasteiger charge is -2.16. The lowest BCUT2D eigenvalue weighted by atomic mass is 9.96. The number of hydrogen-bond acceptors (Lipinski definition) is 3. The van der Waals surface area contributed by atoms with Crippen LogP contribution in [0.15, 0.2) is 59.3 Å². The van der Waals surface area contributed by atoms with Crippen LogP contribution < -0.4 is 10.6 Å². The Morgan fingerprint density at radius 2 is 2.08 bits per heavy atom. The fourth-order valence-electron chi connectivity index (χ4n) is 3.06. The molecule has 0 unspecified atom stereocenters. The highest BCUT2D eigenvalue weighted by atomic mass is 32.2. The van der Waals surface area contributed by atoms with Crippen LogP contribution in [0.3, 0.4) is 0 Å². The van der Waals surface area contributed by atoms with Gasteiger partial charge in [-0.3, -0.25) is 0 Å². The third kappa shape index (κ3) is 6.10. The van der Waals surface area contributed by atoms with Gasteiger partial charge in [0.15, 0.2) is 0 Å². The smallest absolute Gasteiger partial charge is 0.122 e. The fraction of sp³-hybridized carbons (Fsp3) is 0.400. The molecule has 2 nitrogen and oxygen atoms in total. The molecular formula is C20H26F2N2S. The predicted octanol–water partition coefficient (Wildman–Crippen LogP) is 5.03. The first kappa shape index (κ1) is 19.9. The van der Waals surface area contributed by atoms with Crippen LogP contribution in [0, 0.1) is 0 Å². The minimum atomic E-state index is -0.204. The van der Waals surface area contributed by atoms with Crippen LogP contribution in [0.5, 0.6) is 0 Å². The Balaban J connectivity index is 2.15. The van der Waals surface area contributed by atoms with Crippen LogP contribution >= 0.6 is 12.1 Å². The van der Waals surface area contributed by atoms with Crippen LogP contribution in [-0.4, -0.2) is 19.3 Å². The zero-order valence-electron chi connectivity index (χ0n) is 14.7. The van der Waals surface area contributed by atoms with Crippen molar-refractivity contribution in [3.63, 3.8) is 0 Å². The molecule has 0 saturated carbocycles. The average molecular weight is 365 g/mol. The van der Waals surface area contributed by atoms with Crippen molar-refractivity contribution < 1.29 is 8.28 Å². The molecule has 0 atom stereocenters. The molecule has 0 spiro atoms. The molecule has 2 N–H and O–H groups in total. The topological polar surface area (TPSA) is 24.1 Å². The van der Waals surface area contributed by atoms with E-state index in [-0.39, 0.29) is 24.1 Å². The van der Waals surface area contributed by atoms with Gasteiger partial charge in [0.25, 0.3) is 0 Å². The summed E-state index contributed by atoms with van der Waals surface area (Å²) in [6.07, 6.45) is 7.57. The summed E-state index contributed by atoms with van der Waals surface area (Å²) in [6.45, 7) is 7.47. The van der Waals surface area contributed by atoms with E-state index in [2.05, 4.69) is 24.1 Å². The quantitative estimate of drug-likeness (QED) is 0.601. The van der Waals surface area contributed by atoms with Gasteiger partial charge in [-0.05, 0) is 60.6 Å². The summed E-state index contributed by atoms with van der Waals surface area (Å²) < 4.78 is 27.5. The van der Waals surface area contributed by atoms with E-state index in [9.17, 15) is 8.28 Å². The molecule has 1 saturated heterocycles. The molecule has 1 heterocycles. The third-order valence-electron chi connectivity index (χ3n) is 4.42. The summed E-state index contributed by atoms with van der Waals surface area (Å²) >= 11 is 0.252. The van der Waals surface area contributed by atoms with Gasteiger partial charge in [-0.25, -0.2) is 4.39 Å². The first-order chi connectivity index (χ1) is 12.2. The summed E-state index contributed by atoms with van der Waals surface area (Å²) in [5.74, 6) is -0.204. The van der Waals surface area contributed by atoms with Gasteiger partial charge in [-0.2, -0.15) is 3.89 Å². The molecule has 0 bridgehead atoms. The van der Waals surface area contributed by atoms with E-state index in [4.69, 9.17) is 0 Å². The van der Waals surface area contributed by atoms with E-state index in [0.29, 0.717) is 24.2 Å². The van der Waals surface area contributed by atoms with Gasteiger partial charge >= 0.3 is 0 Å². The van der Waals surface area contributed by atoms with E-state index >= 15 is 0 Å². The molecule has 1 aromatic rings. The molecule has 25 heavy (non-hydrogen) atoms. The van der Waals surface area contributed by atoms with Crippen LogP contribution in [0.25, 0.3) is 0 Å². The maximum Gasteiger partial charge on any atom is 0.122 e. The number of rotatable bonds is 9. The Hall–Kier alpha value is -1.43. The molecule has 0 aliphatic carbocycles. The molecule has 136 valence electrons. The Morgan fingerprint density at radius 3 is 2.72 bits per heavy atom. The number of allylic oxidation sites excluding steroid dienone is 4. The van der Waals surface area contributed by atoms with Gasteiger partial charge in [0.2, 0.25) is 0 Å². The second-order valence-electron chi connectivity index (χ2n) is 6.07. The van der Waals surface area contributed by atoms with Crippen molar-refractivity contribution in [2.24, 2.45) is 0 Å². The molecule has 1 aliphatic heterocycles. The van der Waals surface area contributed by atoms with Gasteiger partial charge in [-0.15, -0.1) is 0 Å². The molecule has 0 radical (unpaired) electrons. The van der Waals surface area contributed by atoms with Crippen LogP contribution in [0.4, 0.5) is 8.28 Å². The van der Waals surface area contributed by atoms with E-state index in [1.165, 1.54) is 11.6 Å². The highest BCUT2D eigenvalue weighted by Crippen LogP contribution is 2.26. The molecule has 1 fully saturated rings. The van der Waals surface area contributed by atoms with E-state index in [1.807, 2.05) is 12.1 Å². The highest BCUT2D eigenvalue weighted by Gasteiger charge is 2.17. The SMILES string of the molecule is C=C/C=C\C(F)=C(\CCc1cc(SF)ccc1CC)CC1NCCN1. The second kappa shape index (κ2) is 10.5. The monoisotopic (exact) mass is 364 g/mol. The van der Waals surface area contributed by atoms with Crippen LogP contribution in [0.1, 0.15) is 30.9 Å². The predicted molar refractivity (Wildman–Crippen MR) is 103 cm³/mol. The summed E-state index contributed by atoms with van der Waals surface area (Å²) in [4.78, 5) is 0.601. The summed E-state index contributed by atoms with van der Waals surface area (Å²) in [5.41, 5.74) is 3.05. The zero-order chi connectivity index (χ0) is 18.1. The van der Waals surface area contributed by atoms with Crippen molar-refractivity contribution in [2.45, 2.75) is 43.7 Å². The average Bonchev–Trinajstić information content (AvgIpc) is 3.15. The van der Waals surface area contributed by atoms with Crippen molar-refractivity contribution in [1.82, 2.24) is 10.6 Å². The van der Waals surface area contributed by atoms with Crippen LogP contribution in [0.2, 0.25) is 0 Å². The van der Waals surface area contributed by atoms with Crippen molar-refractivity contribution in [2.75, 3.05) is 13.1 Å². The highest BCUT2D eigenvalue weighted by molar-refractivity contribution is 7.94. The fourth-order valence-corrected chi connectivity index (χ4v) is 3.36. The summed E-state index contributed by atoms with van der Waals surface area (Å²) in [5, 5.41) is 6.66. The van der Waals surface area contributed by atoms with Crippen molar-refractivity contribution >= 4 is 12.1 Å². The normalized spacial score (nSPS) is 16.4. The van der Waals surface area contributed by atoms with Crippen LogP contribution in [-0.2, 0) is 12.8 Å². The molecular weight excluding hydrogens is 338 g/mol. The van der Waals surface area contributed by atoms with E-state index in [0.717, 1.165) is 30.6 Å². The van der Waals surface area contributed by atoms with Gasteiger partial charge < -0.3 is 10.6 Å². The van der Waals surface area contributed by atoms with Gasteiger partial charge in [-0.1, -0.05) is 31.7 Å². The van der Waals surface area contributed by atoms with Gasteiger partial charge in [0, 0.05) is 18.0 Å². The minimum Gasteiger partial charge on any atom is -0.300 e. The zero-order valence-corrected chi connectivity index (χ0v) is 15.5. The molecule has 0 aromatic heterocycles. The Kier molecular flexibility index (Phi) is 8.38. The Morgan fingerprint density at radius 1 is 1.32 bits per heavy atom. The number of nitrogens with one attached hydrogen (secondary N) is 2. The molecule has 2 rings (SSSR count). The van der Waals surface area contributed by atoms with E-state index < -0.39 is 0 Å². The van der Waals surface area contributed by atoms with Crippen molar-refractivity contribution in [3.8, 4) is 0 Å². The molecule has 1 aliphatic rings. The lowest BCUT2D eigenvalue weighted by molar-refractivity contribution is 0.523. The maximum atomic E-state index is 14.6. The minimum absolute atomic E-state index is 0.108. The maximum absolute atomic E-state index is 14.6. The number of hydrogen-bond donors (Lipinski definition) is 2. The standard InChI is InChI=1S/C20H26F2N2S/c1-3-5-6-19(21)17(14-20-23-11-12-24-20)8-7-16-13-18(25-22)10-9-15(16)4-2/h3,5-6,9-10,13,20,23-24H,1,4,7-8,11-12,14H2,2H3/b6-5-,19-17+.